The van der Waals surface area contributed by atoms with E-state index in [4.69, 9.17) is 0 Å². The van der Waals surface area contributed by atoms with Crippen LogP contribution in [0.4, 0.5) is 21.9 Å². The highest BCUT2D eigenvalue weighted by molar-refractivity contribution is 7.86. The van der Waals surface area contributed by atoms with Crippen molar-refractivity contribution in [2.75, 3.05) is 50.5 Å². The summed E-state index contributed by atoms with van der Waals surface area (Å²) in [5.74, 6) is 0. The minimum Gasteiger partial charge on any atom is -0.343 e. The molecule has 1 aliphatic carbocycles. The Balaban J connectivity index is 1.37. The lowest BCUT2D eigenvalue weighted by molar-refractivity contribution is 0.178. The Morgan fingerprint density at radius 3 is 2.18 bits per heavy atom. The van der Waals surface area contributed by atoms with Gasteiger partial charge in [-0.15, -0.1) is 0 Å². The number of hydrogen-bond acceptors (Lipinski definition) is 4. The Morgan fingerprint density at radius 1 is 0.882 bits per heavy atom. The maximum atomic E-state index is 13.1. The van der Waals surface area contributed by atoms with E-state index in [0.717, 1.165) is 37.1 Å². The highest BCUT2D eigenvalue weighted by Gasteiger charge is 2.35. The van der Waals surface area contributed by atoms with Crippen molar-refractivity contribution in [1.82, 2.24) is 13.5 Å². The highest BCUT2D eigenvalue weighted by Crippen LogP contribution is 2.31. The molecule has 8 nitrogen and oxygen atoms in total. The first-order valence-electron chi connectivity index (χ1n) is 12.0. The van der Waals surface area contributed by atoms with E-state index in [-0.39, 0.29) is 12.1 Å². The molecular formula is C25H35N5O3S. The third-order valence-electron chi connectivity index (χ3n) is 6.96. The number of hydrogen-bond donors (Lipinski definition) is 1. The molecule has 1 saturated heterocycles. The smallest absolute Gasteiger partial charge is 0.321 e. The number of nitrogens with one attached hydrogen (secondary N) is 1. The van der Waals surface area contributed by atoms with Crippen LogP contribution in [-0.4, -0.2) is 74.3 Å². The minimum atomic E-state index is -3.52. The van der Waals surface area contributed by atoms with Crippen LogP contribution in [0.2, 0.25) is 0 Å². The Hall–Kier alpha value is -2.62. The molecule has 4 rings (SSSR count). The van der Waals surface area contributed by atoms with Crippen LogP contribution in [0, 0.1) is 0 Å². The zero-order chi connectivity index (χ0) is 24.1. The van der Waals surface area contributed by atoms with Gasteiger partial charge in [0, 0.05) is 52.0 Å². The van der Waals surface area contributed by atoms with Crippen molar-refractivity contribution in [3.63, 3.8) is 0 Å². The number of para-hydroxylation sites is 3. The largest absolute Gasteiger partial charge is 0.343 e. The van der Waals surface area contributed by atoms with E-state index >= 15 is 0 Å². The van der Waals surface area contributed by atoms with Crippen molar-refractivity contribution in [2.45, 2.75) is 38.1 Å². The second-order valence-corrected chi connectivity index (χ2v) is 11.0. The van der Waals surface area contributed by atoms with Gasteiger partial charge in [-0.1, -0.05) is 49.6 Å². The third-order valence-corrected chi connectivity index (χ3v) is 9.00. The number of carbonyl (C=O) groups excluding carboxylic acids is 1. The Bertz CT molecular complexity index is 1060. The van der Waals surface area contributed by atoms with Gasteiger partial charge in [-0.05, 0) is 37.1 Å². The fourth-order valence-electron chi connectivity index (χ4n) is 4.79. The molecule has 0 bridgehead atoms. The average Bonchev–Trinajstić information content (AvgIpc) is 2.89. The number of anilines is 3. The molecule has 2 fully saturated rings. The molecule has 0 unspecified atom stereocenters. The van der Waals surface area contributed by atoms with E-state index in [1.54, 1.807) is 16.3 Å². The molecule has 34 heavy (non-hydrogen) atoms. The van der Waals surface area contributed by atoms with Gasteiger partial charge >= 0.3 is 6.03 Å². The first kappa shape index (κ1) is 24.5. The zero-order valence-electron chi connectivity index (χ0n) is 20.1. The predicted octanol–water partition coefficient (Wildman–Crippen LogP) is 4.11. The topological polar surface area (TPSA) is 76.2 Å². The van der Waals surface area contributed by atoms with E-state index in [9.17, 15) is 13.2 Å². The van der Waals surface area contributed by atoms with Crippen LogP contribution in [0.5, 0.6) is 0 Å². The quantitative estimate of drug-likeness (QED) is 0.668. The highest BCUT2D eigenvalue weighted by atomic mass is 32.2. The van der Waals surface area contributed by atoms with Crippen molar-refractivity contribution in [1.29, 1.82) is 0 Å². The van der Waals surface area contributed by atoms with E-state index < -0.39 is 10.2 Å². The summed E-state index contributed by atoms with van der Waals surface area (Å²) < 4.78 is 29.3. The molecule has 184 valence electrons. The van der Waals surface area contributed by atoms with Gasteiger partial charge in [-0.3, -0.25) is 0 Å². The van der Waals surface area contributed by atoms with Crippen molar-refractivity contribution in [3.05, 3.63) is 54.6 Å². The fourth-order valence-corrected chi connectivity index (χ4v) is 6.37. The second kappa shape index (κ2) is 10.8. The Labute approximate surface area is 203 Å². The number of nitrogens with zero attached hydrogens (tertiary/aromatic N) is 4. The first-order valence-corrected chi connectivity index (χ1v) is 13.4. The summed E-state index contributed by atoms with van der Waals surface area (Å²) in [6, 6.07) is 17.5. The van der Waals surface area contributed by atoms with Crippen LogP contribution in [0.3, 0.4) is 0 Å². The first-order chi connectivity index (χ1) is 16.4. The summed E-state index contributed by atoms with van der Waals surface area (Å²) in [6.45, 7) is 1.33. The SMILES string of the molecule is CN(c1ccccc1)c1ccccc1NC(=O)N1CCN(S(=O)(=O)N(C)C2CCCCC2)CC1. The number of carbonyl (C=O) groups is 1. The minimum absolute atomic E-state index is 0.0817. The molecule has 2 aliphatic rings. The molecule has 2 aromatic carbocycles. The lowest BCUT2D eigenvalue weighted by Gasteiger charge is -2.38. The maximum absolute atomic E-state index is 13.1. The average molecular weight is 486 g/mol. The number of benzene rings is 2. The molecule has 2 aromatic rings. The molecule has 1 heterocycles. The number of piperazine rings is 1. The van der Waals surface area contributed by atoms with Crippen LogP contribution >= 0.6 is 0 Å². The number of rotatable bonds is 6. The molecule has 0 radical (unpaired) electrons. The van der Waals surface area contributed by atoms with Gasteiger partial charge in [0.05, 0.1) is 11.4 Å². The molecule has 0 spiro atoms. The van der Waals surface area contributed by atoms with E-state index in [1.165, 1.54) is 10.7 Å². The molecule has 1 saturated carbocycles. The van der Waals surface area contributed by atoms with Crippen molar-refractivity contribution in [2.24, 2.45) is 0 Å². The van der Waals surface area contributed by atoms with Gasteiger partial charge in [0.2, 0.25) is 0 Å². The summed E-state index contributed by atoms with van der Waals surface area (Å²) in [5.41, 5.74) is 2.62. The molecule has 1 aliphatic heterocycles. The normalized spacial score (nSPS) is 18.1. The maximum Gasteiger partial charge on any atom is 0.321 e. The van der Waals surface area contributed by atoms with Gasteiger partial charge in [0.15, 0.2) is 0 Å². The fraction of sp³-hybridized carbons (Fsp3) is 0.480. The number of urea groups is 1. The van der Waals surface area contributed by atoms with Crippen LogP contribution in [0.25, 0.3) is 0 Å². The lowest BCUT2D eigenvalue weighted by atomic mass is 9.96. The summed E-state index contributed by atoms with van der Waals surface area (Å²) in [5, 5.41) is 3.03. The second-order valence-electron chi connectivity index (χ2n) is 9.04. The standard InChI is InChI=1S/C25H35N5O3S/c1-27(21-11-5-3-6-12-21)24-16-10-9-15-23(24)26-25(31)29-17-19-30(20-18-29)34(32,33)28(2)22-13-7-4-8-14-22/h3,5-6,9-12,15-16,22H,4,7-8,13-14,17-20H2,1-2H3,(H,26,31). The van der Waals surface area contributed by atoms with Crippen LogP contribution < -0.4 is 10.2 Å². The van der Waals surface area contributed by atoms with Crippen molar-refractivity contribution in [3.8, 4) is 0 Å². The van der Waals surface area contributed by atoms with Gasteiger partial charge in [0.25, 0.3) is 10.2 Å². The summed E-state index contributed by atoms with van der Waals surface area (Å²) in [7, 11) is 0.147. The van der Waals surface area contributed by atoms with E-state index in [2.05, 4.69) is 5.32 Å². The van der Waals surface area contributed by atoms with E-state index in [1.807, 2.05) is 66.5 Å². The Morgan fingerprint density at radius 2 is 1.50 bits per heavy atom. The van der Waals surface area contributed by atoms with Crippen LogP contribution in [-0.2, 0) is 10.2 Å². The molecule has 1 N–H and O–H groups in total. The van der Waals surface area contributed by atoms with Gasteiger partial charge in [0.1, 0.15) is 0 Å². The third kappa shape index (κ3) is 5.37. The predicted molar refractivity (Wildman–Crippen MR) is 137 cm³/mol. The summed E-state index contributed by atoms with van der Waals surface area (Å²) in [4.78, 5) is 16.7. The monoisotopic (exact) mass is 485 g/mol. The molecular weight excluding hydrogens is 450 g/mol. The molecule has 0 atom stereocenters. The van der Waals surface area contributed by atoms with Gasteiger partial charge < -0.3 is 15.1 Å². The van der Waals surface area contributed by atoms with Gasteiger partial charge in [-0.2, -0.15) is 17.0 Å². The van der Waals surface area contributed by atoms with Gasteiger partial charge in [-0.25, -0.2) is 4.79 Å². The van der Waals surface area contributed by atoms with E-state index in [0.29, 0.717) is 31.9 Å². The lowest BCUT2D eigenvalue weighted by Crippen LogP contribution is -2.55. The van der Waals surface area contributed by atoms with Crippen LogP contribution in [0.15, 0.2) is 54.6 Å². The van der Waals surface area contributed by atoms with Crippen molar-refractivity contribution < 1.29 is 13.2 Å². The summed E-state index contributed by atoms with van der Waals surface area (Å²) >= 11 is 0. The molecule has 0 aromatic heterocycles. The molecule has 9 heteroatoms. The zero-order valence-corrected chi connectivity index (χ0v) is 20.9. The van der Waals surface area contributed by atoms with Crippen molar-refractivity contribution >= 4 is 33.3 Å². The molecule has 2 amide bonds. The number of amides is 2. The van der Waals surface area contributed by atoms with Crippen LogP contribution in [0.1, 0.15) is 32.1 Å². The Kier molecular flexibility index (Phi) is 7.75. The summed E-state index contributed by atoms with van der Waals surface area (Å²) in [6.07, 6.45) is 5.20.